The van der Waals surface area contributed by atoms with Crippen LogP contribution in [0.25, 0.3) is 6.08 Å². The fraction of sp³-hybridized carbons (Fsp3) is 0.286. The summed E-state index contributed by atoms with van der Waals surface area (Å²) in [6.45, 7) is 12.4. The molecule has 0 aromatic heterocycles. The van der Waals surface area contributed by atoms with Gasteiger partial charge in [0.1, 0.15) is 0 Å². The Morgan fingerprint density at radius 2 is 1.73 bits per heavy atom. The number of hydrogen-bond donors (Lipinski definition) is 0. The van der Waals surface area contributed by atoms with Gasteiger partial charge in [0.05, 0.1) is 8.07 Å². The first kappa shape index (κ1) is 12.0. The van der Waals surface area contributed by atoms with Crippen LogP contribution in [0.4, 0.5) is 0 Å². The van der Waals surface area contributed by atoms with Crippen molar-refractivity contribution in [1.82, 2.24) is 0 Å². The van der Waals surface area contributed by atoms with E-state index in [4.69, 9.17) is 0 Å². The zero-order chi connectivity index (χ0) is 11.3. The largest absolute Gasteiger partial charge is 0.107 e. The van der Waals surface area contributed by atoms with E-state index in [1.54, 1.807) is 0 Å². The summed E-state index contributed by atoms with van der Waals surface area (Å²) >= 11 is 0. The Kier molecular flexibility index (Phi) is 4.10. The summed E-state index contributed by atoms with van der Waals surface area (Å²) < 4.78 is 0. The predicted octanol–water partition coefficient (Wildman–Crippen LogP) is 4.31. The zero-order valence-corrected chi connectivity index (χ0v) is 10.8. The van der Waals surface area contributed by atoms with Gasteiger partial charge in [-0.25, -0.2) is 0 Å². The van der Waals surface area contributed by atoms with Gasteiger partial charge in [-0.05, 0) is 17.5 Å². The van der Waals surface area contributed by atoms with E-state index in [9.17, 15) is 0 Å². The van der Waals surface area contributed by atoms with Crippen LogP contribution in [0.15, 0.2) is 43.1 Å². The van der Waals surface area contributed by atoms with Gasteiger partial charge in [-0.1, -0.05) is 56.1 Å². The maximum atomic E-state index is 3.92. The summed E-state index contributed by atoms with van der Waals surface area (Å²) in [5, 5.41) is 0. The van der Waals surface area contributed by atoms with Gasteiger partial charge in [-0.3, -0.25) is 0 Å². The highest BCUT2D eigenvalue weighted by Crippen LogP contribution is 2.15. The summed E-state index contributed by atoms with van der Waals surface area (Å²) in [5.74, 6) is 0. The van der Waals surface area contributed by atoms with Crippen LogP contribution in [-0.4, -0.2) is 8.07 Å². The molecule has 0 amide bonds. The first-order chi connectivity index (χ1) is 7.07. The Hall–Kier alpha value is -1.08. The molecule has 1 rings (SSSR count). The molecule has 0 fully saturated rings. The number of benzene rings is 1. The van der Waals surface area contributed by atoms with Gasteiger partial charge in [0.25, 0.3) is 0 Å². The van der Waals surface area contributed by atoms with Crippen LogP contribution in [0.1, 0.15) is 11.1 Å². The van der Waals surface area contributed by atoms with Crippen LogP contribution >= 0.6 is 0 Å². The average Bonchev–Trinajstić information content (AvgIpc) is 2.27. The fourth-order valence-electron chi connectivity index (χ4n) is 1.39. The van der Waals surface area contributed by atoms with Gasteiger partial charge in [0.2, 0.25) is 0 Å². The smallest absolute Gasteiger partial charge is 0.0712 e. The maximum absolute atomic E-state index is 3.92. The Morgan fingerprint density at radius 1 is 1.13 bits per heavy atom. The highest BCUT2D eigenvalue weighted by Gasteiger charge is 2.14. The summed E-state index contributed by atoms with van der Waals surface area (Å²) in [4.78, 5) is 0. The second kappa shape index (κ2) is 5.13. The van der Waals surface area contributed by atoms with Gasteiger partial charge < -0.3 is 0 Å². The van der Waals surface area contributed by atoms with Crippen molar-refractivity contribution in [2.75, 3.05) is 0 Å². The lowest BCUT2D eigenvalue weighted by Gasteiger charge is -2.16. The number of hydrogen-bond acceptors (Lipinski definition) is 0. The van der Waals surface area contributed by atoms with Crippen molar-refractivity contribution in [3.05, 3.63) is 54.2 Å². The molecule has 0 spiro atoms. The Morgan fingerprint density at radius 3 is 2.20 bits per heavy atom. The first-order valence-corrected chi connectivity index (χ1v) is 8.71. The number of rotatable bonds is 5. The minimum absolute atomic E-state index is 1.14. The predicted molar refractivity (Wildman–Crippen MR) is 72.7 cm³/mol. The molecule has 0 saturated carbocycles. The molecule has 0 saturated heterocycles. The summed E-state index contributed by atoms with van der Waals surface area (Å²) in [6, 6.07) is 9.94. The van der Waals surface area contributed by atoms with Crippen LogP contribution in [-0.2, 0) is 6.42 Å². The highest BCUT2D eigenvalue weighted by atomic mass is 28.3. The van der Waals surface area contributed by atoms with E-state index in [-0.39, 0.29) is 0 Å². The van der Waals surface area contributed by atoms with E-state index in [2.05, 4.69) is 56.2 Å². The van der Waals surface area contributed by atoms with E-state index in [0.717, 1.165) is 0 Å². The SMILES string of the molecule is C=Cc1ccc(CC[Si](C)(C)C=C)cc1. The molecule has 0 N–H and O–H groups in total. The van der Waals surface area contributed by atoms with Gasteiger partial charge in [-0.15, -0.1) is 12.3 Å². The molecule has 0 aliphatic carbocycles. The molecule has 0 bridgehead atoms. The standard InChI is InChI=1S/C14H20Si/c1-5-13-7-9-14(10-8-13)11-12-15(3,4)6-2/h5-10H,1-2,11-12H2,3-4H3. The Balaban J connectivity index is 2.58. The second-order valence-corrected chi connectivity index (χ2v) is 9.52. The minimum Gasteiger partial charge on any atom is -0.107 e. The molecule has 0 nitrogen and oxygen atoms in total. The van der Waals surface area contributed by atoms with Gasteiger partial charge in [-0.2, -0.15) is 0 Å². The molecule has 15 heavy (non-hydrogen) atoms. The van der Waals surface area contributed by atoms with Gasteiger partial charge in [0, 0.05) is 0 Å². The van der Waals surface area contributed by atoms with Crippen LogP contribution in [0.3, 0.4) is 0 Å². The molecule has 0 aliphatic rings. The first-order valence-electron chi connectivity index (χ1n) is 5.42. The third-order valence-corrected chi connectivity index (χ3v) is 5.47. The molecule has 80 valence electrons. The molecule has 1 aromatic carbocycles. The zero-order valence-electron chi connectivity index (χ0n) is 9.79. The topological polar surface area (TPSA) is 0 Å². The molecule has 0 aliphatic heterocycles. The van der Waals surface area contributed by atoms with Crippen molar-refractivity contribution in [3.8, 4) is 0 Å². The van der Waals surface area contributed by atoms with E-state index >= 15 is 0 Å². The number of aryl methyl sites for hydroxylation is 1. The molecule has 0 atom stereocenters. The summed E-state index contributed by atoms with van der Waals surface area (Å²) in [7, 11) is -1.14. The minimum atomic E-state index is -1.14. The lowest BCUT2D eigenvalue weighted by Crippen LogP contribution is -2.22. The van der Waals surface area contributed by atoms with Crippen molar-refractivity contribution in [2.45, 2.75) is 25.6 Å². The van der Waals surface area contributed by atoms with Crippen LogP contribution in [0.2, 0.25) is 19.1 Å². The van der Waals surface area contributed by atoms with Crippen molar-refractivity contribution in [1.29, 1.82) is 0 Å². The van der Waals surface area contributed by atoms with Crippen molar-refractivity contribution in [3.63, 3.8) is 0 Å². The summed E-state index contributed by atoms with van der Waals surface area (Å²) in [6.07, 6.45) is 3.05. The quantitative estimate of drug-likeness (QED) is 0.644. The van der Waals surface area contributed by atoms with Crippen molar-refractivity contribution in [2.24, 2.45) is 0 Å². The van der Waals surface area contributed by atoms with Gasteiger partial charge >= 0.3 is 0 Å². The lowest BCUT2D eigenvalue weighted by atomic mass is 10.1. The third kappa shape index (κ3) is 3.88. The van der Waals surface area contributed by atoms with Crippen LogP contribution < -0.4 is 0 Å². The molecular formula is C14H20Si. The second-order valence-electron chi connectivity index (χ2n) is 4.64. The molecule has 0 heterocycles. The van der Waals surface area contributed by atoms with E-state index in [0.29, 0.717) is 0 Å². The van der Waals surface area contributed by atoms with E-state index in [1.165, 1.54) is 23.6 Å². The molecule has 1 heteroatoms. The fourth-order valence-corrected chi connectivity index (χ4v) is 2.53. The Bertz CT molecular complexity index is 333. The van der Waals surface area contributed by atoms with E-state index in [1.807, 2.05) is 6.08 Å². The average molecular weight is 216 g/mol. The third-order valence-electron chi connectivity index (χ3n) is 2.83. The normalized spacial score (nSPS) is 11.1. The highest BCUT2D eigenvalue weighted by molar-refractivity contribution is 6.82. The molecular weight excluding hydrogens is 196 g/mol. The molecule has 0 radical (unpaired) electrons. The lowest BCUT2D eigenvalue weighted by molar-refractivity contribution is 1.10. The van der Waals surface area contributed by atoms with Crippen molar-refractivity contribution >= 4 is 14.1 Å². The van der Waals surface area contributed by atoms with Gasteiger partial charge in [0.15, 0.2) is 0 Å². The maximum Gasteiger partial charge on any atom is 0.0712 e. The monoisotopic (exact) mass is 216 g/mol. The van der Waals surface area contributed by atoms with Crippen molar-refractivity contribution < 1.29 is 0 Å². The molecule has 0 unspecified atom stereocenters. The van der Waals surface area contributed by atoms with Crippen LogP contribution in [0, 0.1) is 0 Å². The van der Waals surface area contributed by atoms with Crippen LogP contribution in [0.5, 0.6) is 0 Å². The Labute approximate surface area is 94.4 Å². The summed E-state index contributed by atoms with van der Waals surface area (Å²) in [5.41, 5.74) is 4.78. The molecule has 1 aromatic rings. The van der Waals surface area contributed by atoms with E-state index < -0.39 is 8.07 Å².